The van der Waals surface area contributed by atoms with Gasteiger partial charge in [0.15, 0.2) is 0 Å². The molecule has 0 saturated carbocycles. The zero-order chi connectivity index (χ0) is 8.27. The highest BCUT2D eigenvalue weighted by Crippen LogP contribution is 2.14. The van der Waals surface area contributed by atoms with Gasteiger partial charge in [0.25, 0.3) is 0 Å². The van der Waals surface area contributed by atoms with Crippen LogP contribution in [0.25, 0.3) is 0 Å². The number of rotatable bonds is 2. The van der Waals surface area contributed by atoms with E-state index in [2.05, 4.69) is 31.2 Å². The van der Waals surface area contributed by atoms with Gasteiger partial charge < -0.3 is 10.2 Å². The molecule has 2 nitrogen and oxygen atoms in total. The van der Waals surface area contributed by atoms with Gasteiger partial charge in [-0.2, -0.15) is 0 Å². The molecule has 66 valence electrons. The van der Waals surface area contributed by atoms with Gasteiger partial charge in [0.05, 0.1) is 0 Å². The summed E-state index contributed by atoms with van der Waals surface area (Å²) in [6, 6.07) is 1.57. The Morgan fingerprint density at radius 2 is 2.18 bits per heavy atom. The van der Waals surface area contributed by atoms with Crippen LogP contribution in [-0.4, -0.2) is 37.6 Å². The lowest BCUT2D eigenvalue weighted by Gasteiger charge is -2.33. The van der Waals surface area contributed by atoms with Gasteiger partial charge in [0, 0.05) is 12.1 Å². The summed E-state index contributed by atoms with van der Waals surface area (Å²) in [4.78, 5) is 2.35. The average Bonchev–Trinajstić information content (AvgIpc) is 2.05. The van der Waals surface area contributed by atoms with Crippen molar-refractivity contribution in [2.45, 2.75) is 38.3 Å². The molecular weight excluding hydrogens is 136 g/mol. The van der Waals surface area contributed by atoms with E-state index in [-0.39, 0.29) is 0 Å². The first-order valence-corrected chi connectivity index (χ1v) is 4.63. The summed E-state index contributed by atoms with van der Waals surface area (Å²) in [7, 11) is 4.37. The molecule has 0 aromatic heterocycles. The molecule has 0 bridgehead atoms. The lowest BCUT2D eigenvalue weighted by molar-refractivity contribution is 0.204. The fourth-order valence-electron chi connectivity index (χ4n) is 1.76. The number of hydrogen-bond acceptors (Lipinski definition) is 2. The van der Waals surface area contributed by atoms with Crippen molar-refractivity contribution in [1.82, 2.24) is 10.2 Å². The van der Waals surface area contributed by atoms with E-state index in [9.17, 15) is 0 Å². The number of nitrogens with zero attached hydrogens (tertiary/aromatic N) is 1. The lowest BCUT2D eigenvalue weighted by Crippen LogP contribution is -2.45. The first kappa shape index (κ1) is 9.01. The predicted octanol–water partition coefficient (Wildman–Crippen LogP) is 1.08. The van der Waals surface area contributed by atoms with Crippen LogP contribution in [0.5, 0.6) is 0 Å². The van der Waals surface area contributed by atoms with E-state index in [1.54, 1.807) is 0 Å². The summed E-state index contributed by atoms with van der Waals surface area (Å²) in [6.07, 6.45) is 3.90. The van der Waals surface area contributed by atoms with Crippen molar-refractivity contribution in [1.29, 1.82) is 0 Å². The second-order valence-electron chi connectivity index (χ2n) is 3.70. The molecule has 1 aliphatic rings. The summed E-state index contributed by atoms with van der Waals surface area (Å²) >= 11 is 0. The standard InChI is InChI=1S/C9H20N2/c1-4-8-7-9(11(2)3)5-6-10-8/h8-10H,4-7H2,1-3H3. The Morgan fingerprint density at radius 3 is 2.73 bits per heavy atom. The molecule has 11 heavy (non-hydrogen) atoms. The van der Waals surface area contributed by atoms with Crippen molar-refractivity contribution in [2.75, 3.05) is 20.6 Å². The Hall–Kier alpha value is -0.0800. The van der Waals surface area contributed by atoms with Gasteiger partial charge in [-0.1, -0.05) is 6.92 Å². The monoisotopic (exact) mass is 156 g/mol. The molecule has 1 aliphatic heterocycles. The molecule has 2 atom stereocenters. The van der Waals surface area contributed by atoms with Gasteiger partial charge >= 0.3 is 0 Å². The van der Waals surface area contributed by atoms with Crippen LogP contribution in [0.1, 0.15) is 26.2 Å². The van der Waals surface area contributed by atoms with Crippen molar-refractivity contribution < 1.29 is 0 Å². The Labute approximate surface area is 70.0 Å². The van der Waals surface area contributed by atoms with Crippen LogP contribution in [0, 0.1) is 0 Å². The van der Waals surface area contributed by atoms with E-state index in [4.69, 9.17) is 0 Å². The topological polar surface area (TPSA) is 15.3 Å². The number of hydrogen-bond donors (Lipinski definition) is 1. The quantitative estimate of drug-likeness (QED) is 0.643. The van der Waals surface area contributed by atoms with Gasteiger partial charge in [-0.15, -0.1) is 0 Å². The van der Waals surface area contributed by atoms with E-state index in [0.717, 1.165) is 12.1 Å². The highest BCUT2D eigenvalue weighted by atomic mass is 15.1. The van der Waals surface area contributed by atoms with Crippen LogP contribution >= 0.6 is 0 Å². The van der Waals surface area contributed by atoms with Crippen LogP contribution < -0.4 is 5.32 Å². The van der Waals surface area contributed by atoms with E-state index in [1.165, 1.54) is 25.8 Å². The van der Waals surface area contributed by atoms with Gasteiger partial charge in [-0.3, -0.25) is 0 Å². The zero-order valence-electron chi connectivity index (χ0n) is 7.93. The van der Waals surface area contributed by atoms with Crippen LogP contribution in [0.3, 0.4) is 0 Å². The van der Waals surface area contributed by atoms with Gasteiger partial charge in [-0.05, 0) is 39.9 Å². The van der Waals surface area contributed by atoms with E-state index >= 15 is 0 Å². The maximum atomic E-state index is 3.53. The van der Waals surface area contributed by atoms with Crippen molar-refractivity contribution in [3.05, 3.63) is 0 Å². The summed E-state index contributed by atoms with van der Waals surface area (Å²) in [6.45, 7) is 3.46. The van der Waals surface area contributed by atoms with Crippen LogP contribution in [0.2, 0.25) is 0 Å². The third-order valence-corrected chi connectivity index (χ3v) is 2.69. The predicted molar refractivity (Wildman–Crippen MR) is 48.8 cm³/mol. The van der Waals surface area contributed by atoms with Crippen molar-refractivity contribution in [2.24, 2.45) is 0 Å². The smallest absolute Gasteiger partial charge is 0.0116 e. The minimum absolute atomic E-state index is 0.760. The molecule has 1 heterocycles. The molecular formula is C9H20N2. The maximum absolute atomic E-state index is 3.53. The third kappa shape index (κ3) is 2.46. The molecule has 0 aliphatic carbocycles. The highest BCUT2D eigenvalue weighted by Gasteiger charge is 2.20. The second-order valence-corrected chi connectivity index (χ2v) is 3.70. The van der Waals surface area contributed by atoms with Crippen LogP contribution in [-0.2, 0) is 0 Å². The highest BCUT2D eigenvalue weighted by molar-refractivity contribution is 4.81. The molecule has 0 aromatic carbocycles. The van der Waals surface area contributed by atoms with E-state index in [1.807, 2.05) is 0 Å². The minimum atomic E-state index is 0.760. The molecule has 0 amide bonds. The second kappa shape index (κ2) is 4.07. The Morgan fingerprint density at radius 1 is 1.45 bits per heavy atom. The molecule has 0 spiro atoms. The van der Waals surface area contributed by atoms with Crippen LogP contribution in [0.15, 0.2) is 0 Å². The van der Waals surface area contributed by atoms with Crippen molar-refractivity contribution in [3.63, 3.8) is 0 Å². The molecule has 0 aromatic rings. The Kier molecular flexibility index (Phi) is 3.34. The summed E-state index contributed by atoms with van der Waals surface area (Å²) in [5.74, 6) is 0. The van der Waals surface area contributed by atoms with Crippen molar-refractivity contribution >= 4 is 0 Å². The molecule has 0 radical (unpaired) electrons. The summed E-state index contributed by atoms with van der Waals surface area (Å²) in [5.41, 5.74) is 0. The first-order chi connectivity index (χ1) is 5.24. The Bertz CT molecular complexity index is 112. The molecule has 1 rings (SSSR count). The minimum Gasteiger partial charge on any atom is -0.314 e. The molecule has 2 heteroatoms. The van der Waals surface area contributed by atoms with Crippen molar-refractivity contribution in [3.8, 4) is 0 Å². The first-order valence-electron chi connectivity index (χ1n) is 4.63. The normalized spacial score (nSPS) is 32.7. The Balaban J connectivity index is 2.33. The number of nitrogens with one attached hydrogen (secondary N) is 1. The summed E-state index contributed by atoms with van der Waals surface area (Å²) < 4.78 is 0. The van der Waals surface area contributed by atoms with Gasteiger partial charge in [0.2, 0.25) is 0 Å². The average molecular weight is 156 g/mol. The van der Waals surface area contributed by atoms with E-state index < -0.39 is 0 Å². The maximum Gasteiger partial charge on any atom is 0.0116 e. The molecule has 2 unspecified atom stereocenters. The van der Waals surface area contributed by atoms with Gasteiger partial charge in [0.1, 0.15) is 0 Å². The SMILES string of the molecule is CCC1CC(N(C)C)CCN1. The molecule has 1 N–H and O–H groups in total. The fraction of sp³-hybridized carbons (Fsp3) is 1.00. The fourth-order valence-corrected chi connectivity index (χ4v) is 1.76. The van der Waals surface area contributed by atoms with Gasteiger partial charge in [-0.25, -0.2) is 0 Å². The lowest BCUT2D eigenvalue weighted by atomic mass is 9.97. The van der Waals surface area contributed by atoms with E-state index in [0.29, 0.717) is 0 Å². The summed E-state index contributed by atoms with van der Waals surface area (Å²) in [5, 5.41) is 3.53. The van der Waals surface area contributed by atoms with Crippen LogP contribution in [0.4, 0.5) is 0 Å². The number of piperidine rings is 1. The largest absolute Gasteiger partial charge is 0.314 e. The third-order valence-electron chi connectivity index (χ3n) is 2.69. The molecule has 1 fully saturated rings. The zero-order valence-corrected chi connectivity index (χ0v) is 7.93. The molecule has 1 saturated heterocycles.